The first-order chi connectivity index (χ1) is 9.57. The van der Waals surface area contributed by atoms with Crippen LogP contribution >= 0.6 is 0 Å². The molecule has 1 fully saturated rings. The molecule has 2 aromatic rings. The van der Waals surface area contributed by atoms with Gasteiger partial charge in [-0.25, -0.2) is 4.98 Å². The minimum absolute atomic E-state index is 0.450. The molecule has 3 rings (SSSR count). The number of aromatic nitrogens is 1. The molecule has 20 heavy (non-hydrogen) atoms. The molecule has 0 spiro atoms. The molecule has 0 amide bonds. The molecule has 0 bridgehead atoms. The Hall–Kier alpha value is -1.77. The third-order valence-corrected chi connectivity index (χ3v) is 4.28. The SMILES string of the molecule is COc1ccc2c(NC3CCC(C)(C)C3)nccc2c1. The minimum atomic E-state index is 0.450. The normalized spacial score (nSPS) is 21.1. The smallest absolute Gasteiger partial charge is 0.134 e. The van der Waals surface area contributed by atoms with Gasteiger partial charge < -0.3 is 10.1 Å². The maximum absolute atomic E-state index is 5.28. The number of fused-ring (bicyclic) bond motifs is 1. The zero-order valence-corrected chi connectivity index (χ0v) is 12.4. The first-order valence-electron chi connectivity index (χ1n) is 7.27. The number of nitrogens with zero attached hydrogens (tertiary/aromatic N) is 1. The van der Waals surface area contributed by atoms with Crippen molar-refractivity contribution >= 4 is 16.6 Å². The Morgan fingerprint density at radius 3 is 2.85 bits per heavy atom. The summed E-state index contributed by atoms with van der Waals surface area (Å²) in [6.07, 6.45) is 5.58. The maximum Gasteiger partial charge on any atom is 0.134 e. The van der Waals surface area contributed by atoms with Gasteiger partial charge in [0.1, 0.15) is 11.6 Å². The van der Waals surface area contributed by atoms with Gasteiger partial charge in [0, 0.05) is 17.6 Å². The van der Waals surface area contributed by atoms with E-state index in [0.29, 0.717) is 11.5 Å². The van der Waals surface area contributed by atoms with Gasteiger partial charge in [-0.1, -0.05) is 13.8 Å². The van der Waals surface area contributed by atoms with Crippen molar-refractivity contribution in [2.75, 3.05) is 12.4 Å². The van der Waals surface area contributed by atoms with Crippen LogP contribution < -0.4 is 10.1 Å². The molecule has 0 radical (unpaired) electrons. The van der Waals surface area contributed by atoms with Crippen LogP contribution in [0.2, 0.25) is 0 Å². The Kier molecular flexibility index (Phi) is 3.28. The molecule has 3 heteroatoms. The molecule has 1 aromatic heterocycles. The molecule has 0 saturated heterocycles. The summed E-state index contributed by atoms with van der Waals surface area (Å²) < 4.78 is 5.28. The fraction of sp³-hybridized carbons (Fsp3) is 0.471. The van der Waals surface area contributed by atoms with E-state index in [1.165, 1.54) is 24.6 Å². The van der Waals surface area contributed by atoms with Crippen LogP contribution in [-0.2, 0) is 0 Å². The molecule has 3 nitrogen and oxygen atoms in total. The lowest BCUT2D eigenvalue weighted by Crippen LogP contribution is -2.18. The van der Waals surface area contributed by atoms with E-state index >= 15 is 0 Å². The van der Waals surface area contributed by atoms with Crippen LogP contribution in [0, 0.1) is 5.41 Å². The number of rotatable bonds is 3. The highest BCUT2D eigenvalue weighted by atomic mass is 16.5. The zero-order valence-electron chi connectivity index (χ0n) is 12.4. The molecule has 1 aliphatic carbocycles. The minimum Gasteiger partial charge on any atom is -0.497 e. The van der Waals surface area contributed by atoms with Crippen molar-refractivity contribution in [1.29, 1.82) is 0 Å². The second-order valence-corrected chi connectivity index (χ2v) is 6.49. The molecule has 1 N–H and O–H groups in total. The summed E-state index contributed by atoms with van der Waals surface area (Å²) in [4.78, 5) is 4.52. The summed E-state index contributed by atoms with van der Waals surface area (Å²) >= 11 is 0. The Labute approximate surface area is 120 Å². The van der Waals surface area contributed by atoms with Crippen LogP contribution in [0.5, 0.6) is 5.75 Å². The number of nitrogens with one attached hydrogen (secondary N) is 1. The quantitative estimate of drug-likeness (QED) is 0.906. The third-order valence-electron chi connectivity index (χ3n) is 4.28. The molecule has 1 atom stereocenters. The van der Waals surface area contributed by atoms with E-state index in [9.17, 15) is 0 Å². The van der Waals surface area contributed by atoms with Gasteiger partial charge in [0.05, 0.1) is 7.11 Å². The predicted molar refractivity (Wildman–Crippen MR) is 83.3 cm³/mol. The number of hydrogen-bond acceptors (Lipinski definition) is 3. The molecule has 1 saturated carbocycles. The highest BCUT2D eigenvalue weighted by Gasteiger charge is 2.31. The van der Waals surface area contributed by atoms with Crippen LogP contribution in [0.1, 0.15) is 33.1 Å². The number of methoxy groups -OCH3 is 1. The van der Waals surface area contributed by atoms with Crippen LogP contribution in [0.4, 0.5) is 5.82 Å². The summed E-state index contributed by atoms with van der Waals surface area (Å²) in [6, 6.07) is 8.70. The van der Waals surface area contributed by atoms with E-state index in [1.54, 1.807) is 7.11 Å². The summed E-state index contributed by atoms with van der Waals surface area (Å²) in [5.41, 5.74) is 0.450. The fourth-order valence-electron chi connectivity index (χ4n) is 3.15. The first kappa shape index (κ1) is 13.2. The van der Waals surface area contributed by atoms with E-state index in [1.807, 2.05) is 18.3 Å². The van der Waals surface area contributed by atoms with Gasteiger partial charge >= 0.3 is 0 Å². The highest BCUT2D eigenvalue weighted by molar-refractivity contribution is 5.92. The number of anilines is 1. The molecule has 0 aliphatic heterocycles. The van der Waals surface area contributed by atoms with Gasteiger partial charge in [0.2, 0.25) is 0 Å². The standard InChI is InChI=1S/C17H22N2O/c1-17(2)8-6-13(11-17)19-16-15-5-4-14(20-3)10-12(15)7-9-18-16/h4-5,7,9-10,13H,6,8,11H2,1-3H3,(H,18,19). The highest BCUT2D eigenvalue weighted by Crippen LogP contribution is 2.38. The van der Waals surface area contributed by atoms with Crippen LogP contribution in [-0.4, -0.2) is 18.1 Å². The van der Waals surface area contributed by atoms with Crippen molar-refractivity contribution in [3.05, 3.63) is 30.5 Å². The van der Waals surface area contributed by atoms with Crippen LogP contribution in [0.15, 0.2) is 30.5 Å². The lowest BCUT2D eigenvalue weighted by molar-refractivity contribution is 0.378. The predicted octanol–water partition coefficient (Wildman–Crippen LogP) is 4.23. The van der Waals surface area contributed by atoms with E-state index < -0.39 is 0 Å². The Morgan fingerprint density at radius 1 is 1.30 bits per heavy atom. The number of benzene rings is 1. The van der Waals surface area contributed by atoms with Crippen molar-refractivity contribution in [3.63, 3.8) is 0 Å². The van der Waals surface area contributed by atoms with Gasteiger partial charge in [-0.2, -0.15) is 0 Å². The Balaban J connectivity index is 1.88. The number of ether oxygens (including phenoxy) is 1. The molecular weight excluding hydrogens is 248 g/mol. The monoisotopic (exact) mass is 270 g/mol. The van der Waals surface area contributed by atoms with Gasteiger partial charge in [-0.3, -0.25) is 0 Å². The average molecular weight is 270 g/mol. The number of hydrogen-bond donors (Lipinski definition) is 1. The summed E-state index contributed by atoms with van der Waals surface area (Å²) in [5.74, 6) is 1.88. The summed E-state index contributed by atoms with van der Waals surface area (Å²) in [6.45, 7) is 4.69. The summed E-state index contributed by atoms with van der Waals surface area (Å²) in [7, 11) is 1.70. The average Bonchev–Trinajstić information content (AvgIpc) is 2.77. The second-order valence-electron chi connectivity index (χ2n) is 6.49. The maximum atomic E-state index is 5.28. The van der Waals surface area contributed by atoms with Gasteiger partial charge in [-0.15, -0.1) is 0 Å². The molecule has 1 unspecified atom stereocenters. The topological polar surface area (TPSA) is 34.1 Å². The van der Waals surface area contributed by atoms with Gasteiger partial charge in [-0.05, 0) is 54.3 Å². The van der Waals surface area contributed by atoms with Crippen molar-refractivity contribution < 1.29 is 4.74 Å². The van der Waals surface area contributed by atoms with E-state index in [4.69, 9.17) is 4.74 Å². The lowest BCUT2D eigenvalue weighted by Gasteiger charge is -2.19. The van der Waals surface area contributed by atoms with Gasteiger partial charge in [0.15, 0.2) is 0 Å². The zero-order chi connectivity index (χ0) is 14.2. The van der Waals surface area contributed by atoms with E-state index in [0.717, 1.165) is 17.0 Å². The molecule has 1 heterocycles. The lowest BCUT2D eigenvalue weighted by atomic mass is 9.92. The fourth-order valence-corrected chi connectivity index (χ4v) is 3.15. The van der Waals surface area contributed by atoms with Crippen LogP contribution in [0.25, 0.3) is 10.8 Å². The van der Waals surface area contributed by atoms with Gasteiger partial charge in [0.25, 0.3) is 0 Å². The Bertz CT molecular complexity index is 621. The largest absolute Gasteiger partial charge is 0.497 e. The molecule has 1 aliphatic rings. The van der Waals surface area contributed by atoms with Crippen LogP contribution in [0.3, 0.4) is 0 Å². The van der Waals surface area contributed by atoms with Crippen molar-refractivity contribution in [2.24, 2.45) is 5.41 Å². The summed E-state index contributed by atoms with van der Waals surface area (Å²) in [5, 5.41) is 5.96. The second kappa shape index (κ2) is 4.97. The Morgan fingerprint density at radius 2 is 2.15 bits per heavy atom. The van der Waals surface area contributed by atoms with E-state index in [2.05, 4.69) is 36.3 Å². The molecular formula is C17H22N2O. The molecule has 1 aromatic carbocycles. The van der Waals surface area contributed by atoms with Crippen molar-refractivity contribution in [2.45, 2.75) is 39.2 Å². The van der Waals surface area contributed by atoms with E-state index in [-0.39, 0.29) is 0 Å². The number of pyridine rings is 1. The van der Waals surface area contributed by atoms with Crippen molar-refractivity contribution in [3.8, 4) is 5.75 Å². The molecule has 106 valence electrons. The van der Waals surface area contributed by atoms with Crippen molar-refractivity contribution in [1.82, 2.24) is 4.98 Å². The third kappa shape index (κ3) is 2.58. The first-order valence-corrected chi connectivity index (χ1v) is 7.27.